The highest BCUT2D eigenvalue weighted by molar-refractivity contribution is 5.77. The summed E-state index contributed by atoms with van der Waals surface area (Å²) in [7, 11) is 0. The minimum absolute atomic E-state index is 0.0113. The molecule has 1 aliphatic rings. The molecular formula is C23H25N3O3. The standard InChI is InChI=1S/C23H25N3O3/c1-17-24-23(29-25-17)20-13-8-14-26(15-20)21(27)16-28-22(18-9-4-2-5-10-18)19-11-6-3-7-12-19/h2-7,9-12,20,22H,8,13-16H2,1H3/t20-/m1/s1. The van der Waals surface area contributed by atoms with Gasteiger partial charge < -0.3 is 14.2 Å². The van der Waals surface area contributed by atoms with Crippen molar-refractivity contribution in [3.8, 4) is 0 Å². The van der Waals surface area contributed by atoms with E-state index in [0.29, 0.717) is 18.3 Å². The molecule has 0 saturated carbocycles. The zero-order valence-corrected chi connectivity index (χ0v) is 16.5. The third-order valence-electron chi connectivity index (χ3n) is 5.24. The number of piperidine rings is 1. The summed E-state index contributed by atoms with van der Waals surface area (Å²) in [6.07, 6.45) is 1.59. The molecule has 150 valence electrons. The number of aromatic nitrogens is 2. The van der Waals surface area contributed by atoms with Crippen LogP contribution in [-0.2, 0) is 9.53 Å². The van der Waals surface area contributed by atoms with Crippen LogP contribution in [0.15, 0.2) is 65.2 Å². The van der Waals surface area contributed by atoms with Crippen molar-refractivity contribution in [2.45, 2.75) is 31.8 Å². The summed E-state index contributed by atoms with van der Waals surface area (Å²) in [4.78, 5) is 19.1. The lowest BCUT2D eigenvalue weighted by Gasteiger charge is -2.31. The first-order valence-electron chi connectivity index (χ1n) is 10.00. The Kier molecular flexibility index (Phi) is 6.00. The van der Waals surface area contributed by atoms with Gasteiger partial charge in [-0.3, -0.25) is 4.79 Å². The lowest BCUT2D eigenvalue weighted by atomic mass is 9.98. The van der Waals surface area contributed by atoms with Crippen molar-refractivity contribution in [3.05, 3.63) is 83.5 Å². The van der Waals surface area contributed by atoms with Gasteiger partial charge in [0.1, 0.15) is 12.7 Å². The first kappa shape index (κ1) is 19.3. The molecule has 4 rings (SSSR count). The van der Waals surface area contributed by atoms with E-state index in [9.17, 15) is 4.79 Å². The molecule has 6 nitrogen and oxygen atoms in total. The second-order valence-corrected chi connectivity index (χ2v) is 7.37. The number of carbonyl (C=O) groups is 1. The topological polar surface area (TPSA) is 68.5 Å². The van der Waals surface area contributed by atoms with Crippen molar-refractivity contribution < 1.29 is 14.1 Å². The normalized spacial score (nSPS) is 16.9. The Labute approximate surface area is 170 Å². The first-order valence-corrected chi connectivity index (χ1v) is 10.00. The number of carbonyl (C=O) groups excluding carboxylic acids is 1. The van der Waals surface area contributed by atoms with E-state index in [1.54, 1.807) is 6.92 Å². The summed E-state index contributed by atoms with van der Waals surface area (Å²) in [6, 6.07) is 20.0. The maximum atomic E-state index is 12.9. The third-order valence-corrected chi connectivity index (χ3v) is 5.24. The number of amides is 1. The summed E-state index contributed by atoms with van der Waals surface area (Å²) >= 11 is 0. The molecule has 1 fully saturated rings. The minimum atomic E-state index is -0.277. The van der Waals surface area contributed by atoms with Crippen molar-refractivity contribution in [1.29, 1.82) is 0 Å². The SMILES string of the molecule is Cc1noc([C@@H]2CCCN(C(=O)COC(c3ccccc3)c3ccccc3)C2)n1. The number of likely N-dealkylation sites (tertiary alicyclic amines) is 1. The molecule has 1 aromatic heterocycles. The molecule has 6 heteroatoms. The Morgan fingerprint density at radius 1 is 1.14 bits per heavy atom. The average molecular weight is 391 g/mol. The Morgan fingerprint density at radius 2 is 1.79 bits per heavy atom. The summed E-state index contributed by atoms with van der Waals surface area (Å²) in [5, 5.41) is 3.87. The number of ether oxygens (including phenoxy) is 1. The van der Waals surface area contributed by atoms with Gasteiger partial charge in [-0.05, 0) is 30.9 Å². The van der Waals surface area contributed by atoms with E-state index in [1.165, 1.54) is 0 Å². The molecule has 1 atom stereocenters. The van der Waals surface area contributed by atoms with Gasteiger partial charge in [0.15, 0.2) is 5.82 Å². The molecule has 0 N–H and O–H groups in total. The van der Waals surface area contributed by atoms with Crippen LogP contribution in [0.2, 0.25) is 0 Å². The number of nitrogens with zero attached hydrogens (tertiary/aromatic N) is 3. The van der Waals surface area contributed by atoms with Gasteiger partial charge in [-0.1, -0.05) is 65.8 Å². The minimum Gasteiger partial charge on any atom is -0.359 e. The van der Waals surface area contributed by atoms with E-state index >= 15 is 0 Å². The highest BCUT2D eigenvalue weighted by Crippen LogP contribution is 2.28. The van der Waals surface area contributed by atoms with Crippen LogP contribution in [0, 0.1) is 6.92 Å². The van der Waals surface area contributed by atoms with E-state index in [2.05, 4.69) is 10.1 Å². The van der Waals surface area contributed by atoms with Gasteiger partial charge in [-0.2, -0.15) is 4.98 Å². The van der Waals surface area contributed by atoms with E-state index in [1.807, 2.05) is 65.6 Å². The largest absolute Gasteiger partial charge is 0.359 e. The molecule has 1 amide bonds. The van der Waals surface area contributed by atoms with Crippen LogP contribution in [0.25, 0.3) is 0 Å². The fraction of sp³-hybridized carbons (Fsp3) is 0.348. The highest BCUT2D eigenvalue weighted by atomic mass is 16.5. The highest BCUT2D eigenvalue weighted by Gasteiger charge is 2.29. The predicted molar refractivity (Wildman–Crippen MR) is 108 cm³/mol. The molecule has 29 heavy (non-hydrogen) atoms. The lowest BCUT2D eigenvalue weighted by molar-refractivity contribution is -0.138. The van der Waals surface area contributed by atoms with Gasteiger partial charge in [-0.15, -0.1) is 0 Å². The van der Waals surface area contributed by atoms with Crippen LogP contribution in [0.5, 0.6) is 0 Å². The van der Waals surface area contributed by atoms with Crippen LogP contribution in [0.1, 0.15) is 47.7 Å². The predicted octanol–water partition coefficient (Wildman–Crippen LogP) is 3.89. The summed E-state index contributed by atoms with van der Waals surface area (Å²) < 4.78 is 11.4. The quantitative estimate of drug-likeness (QED) is 0.638. The van der Waals surface area contributed by atoms with Gasteiger partial charge in [0, 0.05) is 13.1 Å². The van der Waals surface area contributed by atoms with Crippen molar-refractivity contribution in [1.82, 2.24) is 15.0 Å². The monoisotopic (exact) mass is 391 g/mol. The Hall–Kier alpha value is -2.99. The van der Waals surface area contributed by atoms with Gasteiger partial charge in [0.05, 0.1) is 5.92 Å². The van der Waals surface area contributed by atoms with E-state index in [4.69, 9.17) is 9.26 Å². The van der Waals surface area contributed by atoms with Gasteiger partial charge in [-0.25, -0.2) is 0 Å². The van der Waals surface area contributed by atoms with Crippen molar-refractivity contribution in [2.75, 3.05) is 19.7 Å². The smallest absolute Gasteiger partial charge is 0.248 e. The number of rotatable bonds is 6. The molecule has 2 aromatic carbocycles. The Balaban J connectivity index is 1.42. The fourth-order valence-electron chi connectivity index (χ4n) is 3.77. The second kappa shape index (κ2) is 9.01. The molecule has 1 aliphatic heterocycles. The second-order valence-electron chi connectivity index (χ2n) is 7.37. The van der Waals surface area contributed by atoms with Crippen molar-refractivity contribution >= 4 is 5.91 Å². The molecule has 3 aromatic rings. The van der Waals surface area contributed by atoms with E-state index in [0.717, 1.165) is 30.5 Å². The van der Waals surface area contributed by atoms with Gasteiger partial charge in [0.2, 0.25) is 11.8 Å². The lowest BCUT2D eigenvalue weighted by Crippen LogP contribution is -2.41. The van der Waals surface area contributed by atoms with Crippen LogP contribution >= 0.6 is 0 Å². The fourth-order valence-corrected chi connectivity index (χ4v) is 3.77. The van der Waals surface area contributed by atoms with Crippen molar-refractivity contribution in [2.24, 2.45) is 0 Å². The maximum Gasteiger partial charge on any atom is 0.248 e. The van der Waals surface area contributed by atoms with Crippen LogP contribution < -0.4 is 0 Å². The number of hydrogen-bond donors (Lipinski definition) is 0. The van der Waals surface area contributed by atoms with E-state index in [-0.39, 0.29) is 24.5 Å². The summed E-state index contributed by atoms with van der Waals surface area (Å²) in [6.45, 7) is 3.16. The van der Waals surface area contributed by atoms with Crippen LogP contribution in [0.4, 0.5) is 0 Å². The van der Waals surface area contributed by atoms with Gasteiger partial charge >= 0.3 is 0 Å². The van der Waals surface area contributed by atoms with Gasteiger partial charge in [0.25, 0.3) is 0 Å². The molecule has 0 bridgehead atoms. The van der Waals surface area contributed by atoms with E-state index < -0.39 is 0 Å². The maximum absolute atomic E-state index is 12.9. The average Bonchev–Trinajstić information content (AvgIpc) is 3.22. The summed E-state index contributed by atoms with van der Waals surface area (Å²) in [5.41, 5.74) is 2.06. The first-order chi connectivity index (χ1) is 14.2. The van der Waals surface area contributed by atoms with Crippen molar-refractivity contribution in [3.63, 3.8) is 0 Å². The molecule has 0 radical (unpaired) electrons. The Bertz CT molecular complexity index is 887. The molecule has 2 heterocycles. The van der Waals surface area contributed by atoms with Crippen LogP contribution in [-0.4, -0.2) is 40.6 Å². The number of benzene rings is 2. The summed E-state index contributed by atoms with van der Waals surface area (Å²) in [5.74, 6) is 1.32. The zero-order chi connectivity index (χ0) is 20.1. The molecule has 0 spiro atoms. The Morgan fingerprint density at radius 3 is 2.38 bits per heavy atom. The number of hydrogen-bond acceptors (Lipinski definition) is 5. The molecule has 0 unspecified atom stereocenters. The molecular weight excluding hydrogens is 366 g/mol. The zero-order valence-electron chi connectivity index (χ0n) is 16.5. The third kappa shape index (κ3) is 4.71. The number of aryl methyl sites for hydroxylation is 1. The molecule has 0 aliphatic carbocycles. The van der Waals surface area contributed by atoms with Crippen LogP contribution in [0.3, 0.4) is 0 Å². The molecule has 1 saturated heterocycles.